The fourth-order valence-corrected chi connectivity index (χ4v) is 6.71. The molecule has 0 unspecified atom stereocenters. The Morgan fingerprint density at radius 2 is 2.04 bits per heavy atom. The summed E-state index contributed by atoms with van der Waals surface area (Å²) in [5.74, 6) is -0.836. The van der Waals surface area contributed by atoms with Gasteiger partial charge in [0, 0.05) is 37.8 Å². The third-order valence-corrected chi connectivity index (χ3v) is 8.49. The second kappa shape index (κ2) is 5.41. The number of nitrogens with zero attached hydrogens (tertiary/aromatic N) is 3. The van der Waals surface area contributed by atoms with Crippen LogP contribution < -0.4 is 0 Å². The monoisotopic (exact) mass is 389 g/mol. The number of hydrogen-bond donors (Lipinski definition) is 0. The first-order valence-corrected chi connectivity index (χ1v) is 10.7. The van der Waals surface area contributed by atoms with Gasteiger partial charge in [-0.25, -0.2) is 12.8 Å². The van der Waals surface area contributed by atoms with Gasteiger partial charge in [-0.3, -0.25) is 9.48 Å². The van der Waals surface area contributed by atoms with Crippen LogP contribution in [0.1, 0.15) is 30.7 Å². The summed E-state index contributed by atoms with van der Waals surface area (Å²) in [5.41, 5.74) is 0.744. The van der Waals surface area contributed by atoms with Gasteiger partial charge in [-0.05, 0) is 42.5 Å². The largest absolute Gasteiger partial charge is 0.338 e. The predicted molar refractivity (Wildman–Crippen MR) is 96.6 cm³/mol. The van der Waals surface area contributed by atoms with Crippen LogP contribution >= 0.6 is 0 Å². The van der Waals surface area contributed by atoms with E-state index in [9.17, 15) is 17.6 Å². The molecule has 1 aliphatic carbocycles. The summed E-state index contributed by atoms with van der Waals surface area (Å²) in [5, 5.41) is 3.49. The summed E-state index contributed by atoms with van der Waals surface area (Å²) in [7, 11) is -1.69. The number of likely N-dealkylation sites (tertiary alicyclic amines) is 1. The van der Waals surface area contributed by atoms with Crippen molar-refractivity contribution < 1.29 is 17.6 Å². The molecule has 2 aromatic rings. The zero-order valence-electron chi connectivity index (χ0n) is 14.9. The Morgan fingerprint density at radius 3 is 2.67 bits per heavy atom. The lowest BCUT2D eigenvalue weighted by Gasteiger charge is -2.35. The van der Waals surface area contributed by atoms with Crippen molar-refractivity contribution in [2.24, 2.45) is 7.05 Å². The molecule has 2 fully saturated rings. The predicted octanol–water partition coefficient (Wildman–Crippen LogP) is 2.06. The Labute approximate surface area is 156 Å². The number of sulfone groups is 1. The molecule has 2 atom stereocenters. The van der Waals surface area contributed by atoms with Crippen molar-refractivity contribution in [3.05, 3.63) is 36.2 Å². The topological polar surface area (TPSA) is 72.3 Å². The maximum absolute atomic E-state index is 14.6. The number of aromatic nitrogens is 2. The minimum atomic E-state index is -3.51. The summed E-state index contributed by atoms with van der Waals surface area (Å²) < 4.78 is 42.2. The van der Waals surface area contributed by atoms with E-state index < -0.39 is 26.7 Å². The minimum absolute atomic E-state index is 0.0778. The molecule has 3 heterocycles. The van der Waals surface area contributed by atoms with Gasteiger partial charge in [0.05, 0.1) is 16.3 Å². The molecule has 0 bridgehead atoms. The number of amides is 1. The first-order valence-electron chi connectivity index (χ1n) is 9.15. The third-order valence-electron chi connectivity index (χ3n) is 6.24. The molecular formula is C19H20FN3O3S. The maximum Gasteiger partial charge on any atom is 0.260 e. The lowest BCUT2D eigenvalue weighted by molar-refractivity contribution is -0.148. The van der Waals surface area contributed by atoms with Gasteiger partial charge in [-0.15, -0.1) is 0 Å². The Hall–Kier alpha value is -2.22. The van der Waals surface area contributed by atoms with Gasteiger partial charge in [0.25, 0.3) is 5.91 Å². The van der Waals surface area contributed by atoms with Crippen LogP contribution in [0.3, 0.4) is 0 Å². The third kappa shape index (κ3) is 2.32. The molecule has 8 heteroatoms. The fourth-order valence-electron chi connectivity index (χ4n) is 4.55. The van der Waals surface area contributed by atoms with E-state index in [-0.39, 0.29) is 31.8 Å². The number of rotatable bonds is 2. The van der Waals surface area contributed by atoms with Crippen LogP contribution in [0.2, 0.25) is 0 Å². The molecule has 1 aromatic carbocycles. The summed E-state index contributed by atoms with van der Waals surface area (Å²) in [6.07, 6.45) is 4.80. The van der Waals surface area contributed by atoms with Gasteiger partial charge >= 0.3 is 0 Å². The molecule has 2 aliphatic heterocycles. The highest BCUT2D eigenvalue weighted by atomic mass is 32.2. The molecule has 5 rings (SSSR count). The number of benzene rings is 1. The van der Waals surface area contributed by atoms with E-state index in [0.29, 0.717) is 11.3 Å². The Balaban J connectivity index is 1.51. The first-order chi connectivity index (χ1) is 12.8. The molecule has 0 spiro atoms. The number of aryl methyl sites for hydroxylation is 1. The molecule has 27 heavy (non-hydrogen) atoms. The van der Waals surface area contributed by atoms with Crippen molar-refractivity contribution in [2.75, 3.05) is 13.1 Å². The Bertz CT molecular complexity index is 1060. The molecule has 0 radical (unpaired) electrons. The highest BCUT2D eigenvalue weighted by Crippen LogP contribution is 2.47. The number of carbonyl (C=O) groups is 1. The zero-order chi connectivity index (χ0) is 19.0. The van der Waals surface area contributed by atoms with Gasteiger partial charge in [0.2, 0.25) is 0 Å². The van der Waals surface area contributed by atoms with Crippen molar-refractivity contribution in [1.82, 2.24) is 14.7 Å². The molecule has 1 saturated heterocycles. The second-order valence-electron chi connectivity index (χ2n) is 7.87. The quantitative estimate of drug-likeness (QED) is 0.788. The SMILES string of the molecule is Cn1cc(-c2ccc3c(c2)[C@H]2CN(C(=O)C4(F)CCC4)C[C@@H]2S3(=O)=O)cn1. The minimum Gasteiger partial charge on any atom is -0.338 e. The molecule has 0 N–H and O–H groups in total. The van der Waals surface area contributed by atoms with E-state index in [0.717, 1.165) is 16.7 Å². The molecule has 1 saturated carbocycles. The van der Waals surface area contributed by atoms with E-state index in [2.05, 4.69) is 5.10 Å². The van der Waals surface area contributed by atoms with Crippen molar-refractivity contribution >= 4 is 15.7 Å². The first kappa shape index (κ1) is 16.9. The maximum atomic E-state index is 14.6. The smallest absolute Gasteiger partial charge is 0.260 e. The number of fused-ring (bicyclic) bond motifs is 3. The Kier molecular flexibility index (Phi) is 3.39. The molecular weight excluding hydrogens is 369 g/mol. The van der Waals surface area contributed by atoms with Crippen LogP contribution in [-0.4, -0.2) is 53.0 Å². The normalized spacial score (nSPS) is 27.1. The molecule has 1 aromatic heterocycles. The van der Waals surface area contributed by atoms with Gasteiger partial charge in [-0.2, -0.15) is 5.10 Å². The van der Waals surface area contributed by atoms with E-state index >= 15 is 0 Å². The fraction of sp³-hybridized carbons (Fsp3) is 0.474. The van der Waals surface area contributed by atoms with Crippen LogP contribution in [0.25, 0.3) is 11.1 Å². The van der Waals surface area contributed by atoms with Crippen LogP contribution in [0.15, 0.2) is 35.5 Å². The highest BCUT2D eigenvalue weighted by Gasteiger charge is 2.55. The van der Waals surface area contributed by atoms with Crippen molar-refractivity contribution in [3.8, 4) is 11.1 Å². The lowest BCUT2D eigenvalue weighted by Crippen LogP contribution is -2.50. The summed E-state index contributed by atoms with van der Waals surface area (Å²) in [4.78, 5) is 14.3. The van der Waals surface area contributed by atoms with Crippen molar-refractivity contribution in [3.63, 3.8) is 0 Å². The van der Waals surface area contributed by atoms with Gasteiger partial charge in [-0.1, -0.05) is 6.07 Å². The van der Waals surface area contributed by atoms with Crippen LogP contribution in [-0.2, 0) is 21.7 Å². The summed E-state index contributed by atoms with van der Waals surface area (Å²) >= 11 is 0. The van der Waals surface area contributed by atoms with E-state index in [1.54, 1.807) is 23.0 Å². The number of carbonyl (C=O) groups excluding carboxylic acids is 1. The average molecular weight is 389 g/mol. The number of alkyl halides is 1. The molecule has 1 amide bonds. The van der Waals surface area contributed by atoms with Crippen LogP contribution in [0.5, 0.6) is 0 Å². The highest BCUT2D eigenvalue weighted by molar-refractivity contribution is 7.92. The lowest BCUT2D eigenvalue weighted by atomic mass is 9.81. The Morgan fingerprint density at radius 1 is 1.26 bits per heavy atom. The van der Waals surface area contributed by atoms with Crippen LogP contribution in [0.4, 0.5) is 4.39 Å². The number of hydrogen-bond acceptors (Lipinski definition) is 4. The summed E-state index contributed by atoms with van der Waals surface area (Å²) in [6, 6.07) is 5.33. The van der Waals surface area contributed by atoms with E-state index in [1.165, 1.54) is 4.90 Å². The second-order valence-corrected chi connectivity index (χ2v) is 10.0. The van der Waals surface area contributed by atoms with Crippen molar-refractivity contribution in [2.45, 2.75) is 41.0 Å². The molecule has 6 nitrogen and oxygen atoms in total. The van der Waals surface area contributed by atoms with E-state index in [4.69, 9.17) is 0 Å². The van der Waals surface area contributed by atoms with Gasteiger partial charge in [0.15, 0.2) is 15.5 Å². The zero-order valence-corrected chi connectivity index (χ0v) is 15.7. The van der Waals surface area contributed by atoms with Crippen molar-refractivity contribution in [1.29, 1.82) is 0 Å². The van der Waals surface area contributed by atoms with Gasteiger partial charge < -0.3 is 4.90 Å². The number of halogens is 1. The molecule has 3 aliphatic rings. The standard InChI is InChI=1S/C19H20FN3O3S/c1-22-9-13(8-21-22)12-3-4-16-14(7-12)15-10-23(11-17(15)27(16,25)26)18(24)19(20)5-2-6-19/h3-4,7-9,15,17H,2,5-6,10-11H2,1H3/t15-,17+/m1/s1. The molecule has 142 valence electrons. The average Bonchev–Trinajstić information content (AvgIpc) is 3.29. The van der Waals surface area contributed by atoms with E-state index in [1.807, 2.05) is 19.3 Å². The summed E-state index contributed by atoms with van der Waals surface area (Å²) in [6.45, 7) is 0.340. The van der Waals surface area contributed by atoms with Gasteiger partial charge in [0.1, 0.15) is 0 Å². The van der Waals surface area contributed by atoms with Crippen LogP contribution in [0, 0.1) is 0 Å².